The number of halogens is 1. The third-order valence-electron chi connectivity index (χ3n) is 2.81. The Balaban J connectivity index is 2.19. The van der Waals surface area contributed by atoms with E-state index >= 15 is 0 Å². The van der Waals surface area contributed by atoms with Gasteiger partial charge < -0.3 is 10.5 Å². The number of nitrogens with two attached hydrogens (primary N) is 1. The van der Waals surface area contributed by atoms with Gasteiger partial charge in [0, 0.05) is 29.4 Å². The number of methoxy groups -OCH3 is 1. The van der Waals surface area contributed by atoms with Crippen LogP contribution in [0.3, 0.4) is 0 Å². The maximum atomic E-state index is 5.75. The fourth-order valence-electron chi connectivity index (χ4n) is 1.79. The van der Waals surface area contributed by atoms with Gasteiger partial charge in [0.1, 0.15) is 5.75 Å². The van der Waals surface area contributed by atoms with Crippen molar-refractivity contribution in [3.8, 4) is 5.75 Å². The highest BCUT2D eigenvalue weighted by Gasteiger charge is 2.12. The van der Waals surface area contributed by atoms with Gasteiger partial charge in [-0.1, -0.05) is 0 Å². The van der Waals surface area contributed by atoms with Crippen molar-refractivity contribution < 1.29 is 4.74 Å². The molecule has 0 bridgehead atoms. The topological polar surface area (TPSA) is 53.1 Å². The first kappa shape index (κ1) is 14.3. The van der Waals surface area contributed by atoms with Gasteiger partial charge in [-0.3, -0.25) is 4.68 Å². The predicted molar refractivity (Wildman–Crippen MR) is 82.6 cm³/mol. The Morgan fingerprint density at radius 3 is 2.79 bits per heavy atom. The fourth-order valence-corrected chi connectivity index (χ4v) is 3.52. The average Bonchev–Trinajstić information content (AvgIpc) is 2.62. The number of ether oxygens (including phenoxy) is 1. The molecule has 6 heteroatoms. The van der Waals surface area contributed by atoms with Crippen LogP contribution in [0.15, 0.2) is 27.6 Å². The van der Waals surface area contributed by atoms with Crippen molar-refractivity contribution in [2.75, 3.05) is 12.8 Å². The van der Waals surface area contributed by atoms with Crippen molar-refractivity contribution in [3.05, 3.63) is 34.1 Å². The summed E-state index contributed by atoms with van der Waals surface area (Å²) in [6.45, 7) is 1.99. The van der Waals surface area contributed by atoms with E-state index in [0.717, 1.165) is 32.3 Å². The Labute approximate surface area is 125 Å². The zero-order valence-corrected chi connectivity index (χ0v) is 13.5. The number of nitrogens with zero attached hydrogens (tertiary/aromatic N) is 2. The van der Waals surface area contributed by atoms with Crippen LogP contribution in [0, 0.1) is 6.92 Å². The average molecular weight is 342 g/mol. The molecule has 0 amide bonds. The quantitative estimate of drug-likeness (QED) is 0.684. The minimum absolute atomic E-state index is 0.707. The van der Waals surface area contributed by atoms with Crippen LogP contribution in [-0.2, 0) is 12.8 Å². The van der Waals surface area contributed by atoms with Crippen LogP contribution in [0.4, 0.5) is 5.69 Å². The van der Waals surface area contributed by atoms with E-state index in [-0.39, 0.29) is 0 Å². The first-order chi connectivity index (χ1) is 9.02. The third kappa shape index (κ3) is 3.06. The van der Waals surface area contributed by atoms with Gasteiger partial charge in [-0.15, -0.1) is 11.8 Å². The largest absolute Gasteiger partial charge is 0.496 e. The molecule has 2 aromatic rings. The van der Waals surface area contributed by atoms with Gasteiger partial charge in [-0.2, -0.15) is 5.10 Å². The maximum absolute atomic E-state index is 5.75. The lowest BCUT2D eigenvalue weighted by molar-refractivity contribution is 0.405. The monoisotopic (exact) mass is 341 g/mol. The summed E-state index contributed by atoms with van der Waals surface area (Å²) in [7, 11) is 3.61. The molecule has 0 aliphatic heterocycles. The molecule has 0 saturated carbocycles. The van der Waals surface area contributed by atoms with Crippen LogP contribution >= 0.6 is 27.7 Å². The molecule has 102 valence electrons. The number of aromatic nitrogens is 2. The molecule has 0 unspecified atom stereocenters. The molecule has 1 aromatic carbocycles. The maximum Gasteiger partial charge on any atom is 0.134 e. The third-order valence-corrected chi connectivity index (χ3v) is 4.91. The van der Waals surface area contributed by atoms with E-state index in [9.17, 15) is 0 Å². The smallest absolute Gasteiger partial charge is 0.134 e. The summed E-state index contributed by atoms with van der Waals surface area (Å²) in [5.74, 6) is 1.62. The van der Waals surface area contributed by atoms with E-state index in [1.54, 1.807) is 18.9 Å². The molecule has 0 aliphatic rings. The van der Waals surface area contributed by atoms with Crippen LogP contribution in [0.1, 0.15) is 11.4 Å². The zero-order chi connectivity index (χ0) is 14.0. The minimum Gasteiger partial charge on any atom is -0.496 e. The predicted octanol–water partition coefficient (Wildman–Crippen LogP) is 3.37. The molecular formula is C13H16BrN3OS. The second-order valence-corrected chi connectivity index (χ2v) is 5.98. The molecule has 0 spiro atoms. The van der Waals surface area contributed by atoms with E-state index in [1.807, 2.05) is 36.9 Å². The van der Waals surface area contributed by atoms with E-state index < -0.39 is 0 Å². The molecule has 0 saturated heterocycles. The van der Waals surface area contributed by atoms with Gasteiger partial charge in [0.25, 0.3) is 0 Å². The highest BCUT2D eigenvalue weighted by atomic mass is 79.9. The highest BCUT2D eigenvalue weighted by molar-refractivity contribution is 9.10. The van der Waals surface area contributed by atoms with Gasteiger partial charge in [-0.05, 0) is 35.0 Å². The van der Waals surface area contributed by atoms with Crippen molar-refractivity contribution in [1.29, 1.82) is 0 Å². The summed E-state index contributed by atoms with van der Waals surface area (Å²) in [5.41, 5.74) is 8.61. The number of hydrogen-bond donors (Lipinski definition) is 1. The standard InChI is InChI=1S/C13H16BrN3OS/c1-8-13(14)10(17(2)16-8)7-19-12-5-4-9(15)6-11(12)18-3/h4-6H,7,15H2,1-3H3. The number of benzene rings is 1. The summed E-state index contributed by atoms with van der Waals surface area (Å²) in [5, 5.41) is 4.38. The molecular weight excluding hydrogens is 326 g/mol. The number of rotatable bonds is 4. The SMILES string of the molecule is COc1cc(N)ccc1SCc1c(Br)c(C)nn1C. The van der Waals surface area contributed by atoms with Crippen molar-refractivity contribution >= 4 is 33.4 Å². The minimum atomic E-state index is 0.707. The lowest BCUT2D eigenvalue weighted by Crippen LogP contribution is -1.97. The summed E-state index contributed by atoms with van der Waals surface area (Å²) >= 11 is 5.28. The van der Waals surface area contributed by atoms with Crippen molar-refractivity contribution in [1.82, 2.24) is 9.78 Å². The summed E-state index contributed by atoms with van der Waals surface area (Å²) in [6, 6.07) is 5.70. The van der Waals surface area contributed by atoms with E-state index in [2.05, 4.69) is 21.0 Å². The van der Waals surface area contributed by atoms with E-state index in [1.165, 1.54) is 0 Å². The molecule has 0 radical (unpaired) electrons. The van der Waals surface area contributed by atoms with Crippen LogP contribution < -0.4 is 10.5 Å². The number of hydrogen-bond acceptors (Lipinski definition) is 4. The second kappa shape index (κ2) is 5.88. The lowest BCUT2D eigenvalue weighted by Gasteiger charge is -2.09. The molecule has 2 rings (SSSR count). The number of aryl methyl sites for hydroxylation is 2. The zero-order valence-electron chi connectivity index (χ0n) is 11.1. The first-order valence-electron chi connectivity index (χ1n) is 5.77. The number of anilines is 1. The van der Waals surface area contributed by atoms with Crippen molar-refractivity contribution in [2.24, 2.45) is 7.05 Å². The normalized spacial score (nSPS) is 10.7. The summed E-state index contributed by atoms with van der Waals surface area (Å²) in [6.07, 6.45) is 0. The molecule has 4 nitrogen and oxygen atoms in total. The van der Waals surface area contributed by atoms with Gasteiger partial charge >= 0.3 is 0 Å². The lowest BCUT2D eigenvalue weighted by atomic mass is 10.3. The molecule has 2 N–H and O–H groups in total. The van der Waals surface area contributed by atoms with Gasteiger partial charge in [0.15, 0.2) is 0 Å². The highest BCUT2D eigenvalue weighted by Crippen LogP contribution is 2.34. The number of nitrogen functional groups attached to an aromatic ring is 1. The Kier molecular flexibility index (Phi) is 4.42. The van der Waals surface area contributed by atoms with Crippen molar-refractivity contribution in [2.45, 2.75) is 17.6 Å². The van der Waals surface area contributed by atoms with E-state index in [0.29, 0.717) is 5.69 Å². The molecule has 1 aromatic heterocycles. The van der Waals surface area contributed by atoms with Crippen molar-refractivity contribution in [3.63, 3.8) is 0 Å². The first-order valence-corrected chi connectivity index (χ1v) is 7.55. The Morgan fingerprint density at radius 2 is 2.21 bits per heavy atom. The van der Waals surface area contributed by atoms with Gasteiger partial charge in [0.05, 0.1) is 23.0 Å². The molecule has 19 heavy (non-hydrogen) atoms. The van der Waals surface area contributed by atoms with Gasteiger partial charge in [0.2, 0.25) is 0 Å². The van der Waals surface area contributed by atoms with E-state index in [4.69, 9.17) is 10.5 Å². The molecule has 1 heterocycles. The Hall–Kier alpha value is -1.14. The molecule has 0 aliphatic carbocycles. The molecule has 0 fully saturated rings. The fraction of sp³-hybridized carbons (Fsp3) is 0.308. The summed E-state index contributed by atoms with van der Waals surface area (Å²) in [4.78, 5) is 1.07. The Bertz CT molecular complexity index is 598. The second-order valence-electron chi connectivity index (χ2n) is 4.17. The number of thioether (sulfide) groups is 1. The van der Waals surface area contributed by atoms with Crippen LogP contribution in [0.2, 0.25) is 0 Å². The van der Waals surface area contributed by atoms with Crippen LogP contribution in [-0.4, -0.2) is 16.9 Å². The van der Waals surface area contributed by atoms with Crippen LogP contribution in [0.5, 0.6) is 5.75 Å². The Morgan fingerprint density at radius 1 is 1.47 bits per heavy atom. The summed E-state index contributed by atoms with van der Waals surface area (Å²) < 4.78 is 8.31. The van der Waals surface area contributed by atoms with Gasteiger partial charge in [-0.25, -0.2) is 0 Å². The molecule has 0 atom stereocenters. The van der Waals surface area contributed by atoms with Crippen LogP contribution in [0.25, 0.3) is 0 Å².